The zero-order chi connectivity index (χ0) is 12.4. The third kappa shape index (κ3) is 2.08. The molecular weight excluding hydrogens is 242 g/mol. The highest BCUT2D eigenvalue weighted by Gasteiger charge is 2.14. The number of rotatable bonds is 3. The highest BCUT2D eigenvalue weighted by atomic mass is 35.5. The lowest BCUT2D eigenvalue weighted by atomic mass is 10.2. The first-order valence-electron chi connectivity index (χ1n) is 5.19. The van der Waals surface area contributed by atoms with E-state index in [9.17, 15) is 4.79 Å². The fraction of sp³-hybridized carbons (Fsp3) is 0.250. The van der Waals surface area contributed by atoms with Crippen molar-refractivity contribution in [2.45, 2.75) is 6.92 Å². The lowest BCUT2D eigenvalue weighted by Crippen LogP contribution is -2.04. The molecule has 0 atom stereocenters. The van der Waals surface area contributed by atoms with Crippen LogP contribution >= 0.6 is 11.6 Å². The summed E-state index contributed by atoms with van der Waals surface area (Å²) in [7, 11) is 1.53. The summed E-state index contributed by atoms with van der Waals surface area (Å²) < 4.78 is 10.1. The zero-order valence-electron chi connectivity index (χ0n) is 9.54. The third-order valence-electron chi connectivity index (χ3n) is 2.40. The molecule has 0 aliphatic carbocycles. The quantitative estimate of drug-likeness (QED) is 0.856. The van der Waals surface area contributed by atoms with Crippen molar-refractivity contribution in [3.8, 4) is 5.75 Å². The van der Waals surface area contributed by atoms with E-state index in [1.165, 1.54) is 7.11 Å². The molecule has 0 radical (unpaired) electrons. The average molecular weight is 254 g/mol. The maximum Gasteiger partial charge on any atom is 0.354 e. The molecule has 0 saturated heterocycles. The molecule has 0 unspecified atom stereocenters. The van der Waals surface area contributed by atoms with Gasteiger partial charge in [0.1, 0.15) is 5.69 Å². The number of carbonyl (C=O) groups excluding carboxylic acids is 1. The molecule has 0 aliphatic rings. The number of aromatic amines is 1. The Kier molecular flexibility index (Phi) is 3.24. The molecule has 2 aromatic rings. The molecule has 0 aliphatic heterocycles. The van der Waals surface area contributed by atoms with Crippen molar-refractivity contribution >= 4 is 28.5 Å². The Hall–Kier alpha value is -1.68. The average Bonchev–Trinajstić information content (AvgIpc) is 2.73. The summed E-state index contributed by atoms with van der Waals surface area (Å²) in [6.45, 7) is 2.10. The van der Waals surface area contributed by atoms with Crippen molar-refractivity contribution in [1.82, 2.24) is 4.98 Å². The molecule has 1 aromatic heterocycles. The molecule has 1 heterocycles. The van der Waals surface area contributed by atoms with Gasteiger partial charge < -0.3 is 14.5 Å². The van der Waals surface area contributed by atoms with Crippen molar-refractivity contribution in [3.05, 3.63) is 28.9 Å². The first-order valence-corrected chi connectivity index (χ1v) is 5.57. The second-order valence-electron chi connectivity index (χ2n) is 3.45. The van der Waals surface area contributed by atoms with Gasteiger partial charge in [-0.2, -0.15) is 0 Å². The predicted octanol–water partition coefficient (Wildman–Crippen LogP) is 3.01. The van der Waals surface area contributed by atoms with Gasteiger partial charge in [0.25, 0.3) is 0 Å². The van der Waals surface area contributed by atoms with Crippen LogP contribution in [-0.4, -0.2) is 24.7 Å². The first kappa shape index (κ1) is 11.8. The number of benzene rings is 1. The van der Waals surface area contributed by atoms with Crippen LogP contribution in [0.2, 0.25) is 5.02 Å². The molecule has 0 fully saturated rings. The number of ether oxygens (including phenoxy) is 2. The Bertz CT molecular complexity index is 562. The number of methoxy groups -OCH3 is 1. The van der Waals surface area contributed by atoms with Crippen molar-refractivity contribution in [2.75, 3.05) is 13.7 Å². The number of hydrogen-bond donors (Lipinski definition) is 1. The molecule has 0 saturated carbocycles. The summed E-state index contributed by atoms with van der Waals surface area (Å²) in [5.74, 6) is 0.140. The van der Waals surface area contributed by atoms with Gasteiger partial charge in [0.05, 0.1) is 24.3 Å². The minimum Gasteiger partial charge on any atom is -0.493 e. The maximum atomic E-state index is 11.6. The predicted molar refractivity (Wildman–Crippen MR) is 65.8 cm³/mol. The number of fused-ring (bicyclic) bond motifs is 1. The van der Waals surface area contributed by atoms with Gasteiger partial charge >= 0.3 is 5.97 Å². The van der Waals surface area contributed by atoms with Crippen molar-refractivity contribution in [2.24, 2.45) is 0 Å². The monoisotopic (exact) mass is 253 g/mol. The maximum absolute atomic E-state index is 11.6. The number of esters is 1. The first-order chi connectivity index (χ1) is 8.17. The SMILES string of the molecule is CCOC(=O)c1cc2ccc(Cl)c(OC)c2[nH]1. The van der Waals surface area contributed by atoms with E-state index in [0.29, 0.717) is 28.6 Å². The summed E-state index contributed by atoms with van der Waals surface area (Å²) >= 11 is 5.99. The van der Waals surface area contributed by atoms with Gasteiger partial charge in [0.2, 0.25) is 0 Å². The standard InChI is InChI=1S/C12H12ClNO3/c1-3-17-12(15)9-6-7-4-5-8(13)11(16-2)10(7)14-9/h4-6,14H,3H2,1-2H3. The zero-order valence-corrected chi connectivity index (χ0v) is 10.3. The summed E-state index contributed by atoms with van der Waals surface area (Å²) in [6.07, 6.45) is 0. The number of hydrogen-bond acceptors (Lipinski definition) is 3. The van der Waals surface area contributed by atoms with Crippen molar-refractivity contribution in [1.29, 1.82) is 0 Å². The van der Waals surface area contributed by atoms with Crippen LogP contribution in [0.25, 0.3) is 10.9 Å². The van der Waals surface area contributed by atoms with Crippen molar-refractivity contribution < 1.29 is 14.3 Å². The summed E-state index contributed by atoms with van der Waals surface area (Å²) in [5.41, 5.74) is 1.09. The molecule has 0 bridgehead atoms. The molecule has 17 heavy (non-hydrogen) atoms. The van der Waals surface area contributed by atoms with E-state index in [2.05, 4.69) is 4.98 Å². The number of halogens is 1. The molecule has 5 heteroatoms. The Labute approximate surface area is 103 Å². The van der Waals surface area contributed by atoms with Gasteiger partial charge in [-0.05, 0) is 19.1 Å². The van der Waals surface area contributed by atoms with Crippen LogP contribution in [0, 0.1) is 0 Å². The Balaban J connectivity index is 2.53. The van der Waals surface area contributed by atoms with Gasteiger partial charge in [0.15, 0.2) is 5.75 Å². The smallest absolute Gasteiger partial charge is 0.354 e. The van der Waals surface area contributed by atoms with Crippen LogP contribution < -0.4 is 4.74 Å². The molecule has 90 valence electrons. The number of aromatic nitrogens is 1. The van der Waals surface area contributed by atoms with Gasteiger partial charge in [-0.1, -0.05) is 17.7 Å². The van der Waals surface area contributed by atoms with E-state index >= 15 is 0 Å². The second-order valence-corrected chi connectivity index (χ2v) is 3.86. The highest BCUT2D eigenvalue weighted by Crippen LogP contribution is 2.33. The fourth-order valence-electron chi connectivity index (χ4n) is 1.67. The minimum atomic E-state index is -0.387. The number of nitrogens with one attached hydrogen (secondary N) is 1. The molecule has 0 spiro atoms. The topological polar surface area (TPSA) is 51.3 Å². The van der Waals surface area contributed by atoms with Crippen LogP contribution in [-0.2, 0) is 4.74 Å². The second kappa shape index (κ2) is 4.67. The Morgan fingerprint density at radius 1 is 1.47 bits per heavy atom. The van der Waals surface area contributed by atoms with Gasteiger partial charge in [-0.15, -0.1) is 0 Å². The van der Waals surface area contributed by atoms with E-state index < -0.39 is 0 Å². The molecular formula is C12H12ClNO3. The highest BCUT2D eigenvalue weighted by molar-refractivity contribution is 6.33. The normalized spacial score (nSPS) is 10.5. The summed E-state index contributed by atoms with van der Waals surface area (Å²) in [4.78, 5) is 14.5. The van der Waals surface area contributed by atoms with E-state index in [0.717, 1.165) is 5.39 Å². The van der Waals surface area contributed by atoms with Gasteiger partial charge in [-0.25, -0.2) is 4.79 Å². The lowest BCUT2D eigenvalue weighted by Gasteiger charge is -2.03. The third-order valence-corrected chi connectivity index (χ3v) is 2.70. The van der Waals surface area contributed by atoms with Crippen molar-refractivity contribution in [3.63, 3.8) is 0 Å². The van der Waals surface area contributed by atoms with E-state index in [-0.39, 0.29) is 5.97 Å². The fourth-order valence-corrected chi connectivity index (χ4v) is 1.90. The Morgan fingerprint density at radius 3 is 2.88 bits per heavy atom. The molecule has 0 amide bonds. The largest absolute Gasteiger partial charge is 0.493 e. The lowest BCUT2D eigenvalue weighted by molar-refractivity contribution is 0.0520. The number of H-pyrrole nitrogens is 1. The Morgan fingerprint density at radius 2 is 2.24 bits per heavy atom. The minimum absolute atomic E-state index is 0.339. The van der Waals surface area contributed by atoms with E-state index in [1.54, 1.807) is 19.1 Å². The molecule has 1 aromatic carbocycles. The summed E-state index contributed by atoms with van der Waals surface area (Å²) in [6, 6.07) is 5.26. The number of carbonyl (C=O) groups is 1. The van der Waals surface area contributed by atoms with Gasteiger partial charge in [0, 0.05) is 5.39 Å². The van der Waals surface area contributed by atoms with Gasteiger partial charge in [-0.3, -0.25) is 0 Å². The molecule has 1 N–H and O–H groups in total. The van der Waals surface area contributed by atoms with Crippen LogP contribution in [0.3, 0.4) is 0 Å². The van der Waals surface area contributed by atoms with Crippen LogP contribution in [0.5, 0.6) is 5.75 Å². The van der Waals surface area contributed by atoms with Crippen LogP contribution in [0.15, 0.2) is 18.2 Å². The van der Waals surface area contributed by atoms with Crippen LogP contribution in [0.4, 0.5) is 0 Å². The van der Waals surface area contributed by atoms with E-state index in [1.807, 2.05) is 6.07 Å². The molecule has 2 rings (SSSR count). The molecule has 4 nitrogen and oxygen atoms in total. The summed E-state index contributed by atoms with van der Waals surface area (Å²) in [5, 5.41) is 1.35. The van der Waals surface area contributed by atoms with Crippen LogP contribution in [0.1, 0.15) is 17.4 Å². The van der Waals surface area contributed by atoms with E-state index in [4.69, 9.17) is 21.1 Å².